The summed E-state index contributed by atoms with van der Waals surface area (Å²) in [5.41, 5.74) is 3.94. The second-order valence-electron chi connectivity index (χ2n) is 5.92. The summed E-state index contributed by atoms with van der Waals surface area (Å²) in [5.74, 6) is 0. The van der Waals surface area contributed by atoms with Crippen LogP contribution in [0.1, 0.15) is 41.5 Å². The number of carbonyl (C=O) groups is 1. The van der Waals surface area contributed by atoms with E-state index in [1.807, 2.05) is 4.90 Å². The fraction of sp³-hybridized carbons (Fsp3) is 0.471. The summed E-state index contributed by atoms with van der Waals surface area (Å²) in [6, 6.07) is 6.21. The average molecular weight is 330 g/mol. The highest BCUT2D eigenvalue weighted by Gasteiger charge is 2.22. The summed E-state index contributed by atoms with van der Waals surface area (Å²) < 4.78 is 0. The number of nitrogens with one attached hydrogen (secondary N) is 1. The summed E-state index contributed by atoms with van der Waals surface area (Å²) in [4.78, 5) is 14.3. The van der Waals surface area contributed by atoms with Gasteiger partial charge in [0.25, 0.3) is 0 Å². The highest BCUT2D eigenvalue weighted by atomic mass is 32.1. The molecule has 1 aliphatic heterocycles. The highest BCUT2D eigenvalue weighted by molar-refractivity contribution is 7.15. The predicted octanol–water partition coefficient (Wildman–Crippen LogP) is 3.78. The smallest absolute Gasteiger partial charge is 0.320 e. The van der Waals surface area contributed by atoms with Crippen LogP contribution in [0, 0.1) is 6.92 Å². The summed E-state index contributed by atoms with van der Waals surface area (Å²) >= 11 is 1.47. The van der Waals surface area contributed by atoms with Crippen LogP contribution >= 0.6 is 11.3 Å². The molecular weight excluding hydrogens is 308 g/mol. The lowest BCUT2D eigenvalue weighted by molar-refractivity contribution is 0.206. The van der Waals surface area contributed by atoms with Crippen molar-refractivity contribution >= 4 is 22.5 Å². The van der Waals surface area contributed by atoms with Gasteiger partial charge in [-0.05, 0) is 36.5 Å². The van der Waals surface area contributed by atoms with E-state index in [1.54, 1.807) is 0 Å². The van der Waals surface area contributed by atoms with Gasteiger partial charge < -0.3 is 4.90 Å². The van der Waals surface area contributed by atoms with Gasteiger partial charge in [0.15, 0.2) is 0 Å². The van der Waals surface area contributed by atoms with E-state index in [9.17, 15) is 4.79 Å². The number of anilines is 1. The number of unbranched alkanes of at least 4 members (excludes halogenated alkanes) is 1. The quantitative estimate of drug-likeness (QED) is 0.928. The van der Waals surface area contributed by atoms with Gasteiger partial charge in [-0.25, -0.2) is 4.79 Å². The molecule has 1 aliphatic rings. The first-order valence-electron chi connectivity index (χ1n) is 8.13. The van der Waals surface area contributed by atoms with Crippen LogP contribution in [0.25, 0.3) is 0 Å². The van der Waals surface area contributed by atoms with Gasteiger partial charge in [-0.2, -0.15) is 0 Å². The maximum absolute atomic E-state index is 12.4. The van der Waals surface area contributed by atoms with Crippen molar-refractivity contribution in [2.24, 2.45) is 0 Å². The van der Waals surface area contributed by atoms with Gasteiger partial charge in [0, 0.05) is 19.5 Å². The van der Waals surface area contributed by atoms with E-state index in [1.165, 1.54) is 28.0 Å². The molecule has 0 saturated heterocycles. The zero-order valence-electron chi connectivity index (χ0n) is 13.6. The molecule has 6 heteroatoms. The van der Waals surface area contributed by atoms with Crippen LogP contribution in [-0.2, 0) is 19.4 Å². The molecule has 0 bridgehead atoms. The lowest BCUT2D eigenvalue weighted by Gasteiger charge is -2.29. The Balaban J connectivity index is 1.62. The third-order valence-electron chi connectivity index (χ3n) is 4.21. The van der Waals surface area contributed by atoms with Crippen LogP contribution in [0.2, 0.25) is 0 Å². The normalized spacial score (nSPS) is 13.7. The number of carbonyl (C=O) groups excluding carboxylic acids is 1. The molecule has 0 spiro atoms. The van der Waals surface area contributed by atoms with Gasteiger partial charge in [0.1, 0.15) is 5.01 Å². The van der Waals surface area contributed by atoms with Gasteiger partial charge in [0.2, 0.25) is 5.13 Å². The van der Waals surface area contributed by atoms with Crippen LogP contribution in [0.3, 0.4) is 0 Å². The fourth-order valence-electron chi connectivity index (χ4n) is 2.88. The molecule has 1 aromatic heterocycles. The van der Waals surface area contributed by atoms with E-state index in [-0.39, 0.29) is 6.03 Å². The first kappa shape index (κ1) is 15.9. The van der Waals surface area contributed by atoms with E-state index in [0.717, 1.165) is 37.2 Å². The summed E-state index contributed by atoms with van der Waals surface area (Å²) in [6.45, 7) is 5.68. The molecule has 0 unspecified atom stereocenters. The van der Waals surface area contributed by atoms with Gasteiger partial charge in [-0.3, -0.25) is 5.32 Å². The van der Waals surface area contributed by atoms with Crippen molar-refractivity contribution in [2.75, 3.05) is 11.9 Å². The number of aromatic nitrogens is 2. The molecule has 0 fully saturated rings. The molecule has 0 aliphatic carbocycles. The number of fused-ring (bicyclic) bond motifs is 1. The van der Waals surface area contributed by atoms with Crippen molar-refractivity contribution in [2.45, 2.75) is 46.1 Å². The van der Waals surface area contributed by atoms with E-state index >= 15 is 0 Å². The number of benzene rings is 1. The van der Waals surface area contributed by atoms with Crippen LogP contribution in [-0.4, -0.2) is 27.7 Å². The lowest BCUT2D eigenvalue weighted by atomic mass is 9.95. The van der Waals surface area contributed by atoms with Crippen molar-refractivity contribution in [3.63, 3.8) is 0 Å². The molecule has 5 nitrogen and oxygen atoms in total. The van der Waals surface area contributed by atoms with E-state index < -0.39 is 0 Å². The van der Waals surface area contributed by atoms with E-state index in [4.69, 9.17) is 0 Å². The Morgan fingerprint density at radius 1 is 1.39 bits per heavy atom. The zero-order valence-corrected chi connectivity index (χ0v) is 14.4. The first-order valence-corrected chi connectivity index (χ1v) is 8.94. The molecular formula is C17H22N4OS. The third-order valence-corrected chi connectivity index (χ3v) is 5.11. The molecule has 2 aromatic rings. The average Bonchev–Trinajstić information content (AvgIpc) is 3.00. The van der Waals surface area contributed by atoms with Crippen LogP contribution < -0.4 is 5.32 Å². The Labute approximate surface area is 140 Å². The summed E-state index contributed by atoms with van der Waals surface area (Å²) in [7, 11) is 0. The Morgan fingerprint density at radius 2 is 2.26 bits per heavy atom. The minimum atomic E-state index is -0.0876. The third kappa shape index (κ3) is 3.69. The Kier molecular flexibility index (Phi) is 4.91. The molecule has 3 rings (SSSR count). The Morgan fingerprint density at radius 3 is 3.09 bits per heavy atom. The number of hydrogen-bond acceptors (Lipinski definition) is 4. The Hall–Kier alpha value is -1.95. The van der Waals surface area contributed by atoms with Crippen molar-refractivity contribution < 1.29 is 4.79 Å². The van der Waals surface area contributed by atoms with Gasteiger partial charge in [-0.1, -0.05) is 42.9 Å². The van der Waals surface area contributed by atoms with Gasteiger partial charge in [0.05, 0.1) is 0 Å². The Bertz CT molecular complexity index is 698. The van der Waals surface area contributed by atoms with Crippen molar-refractivity contribution in [3.05, 3.63) is 39.9 Å². The minimum Gasteiger partial charge on any atom is -0.320 e. The summed E-state index contributed by atoms with van der Waals surface area (Å²) in [6.07, 6.45) is 4.08. The topological polar surface area (TPSA) is 58.1 Å². The van der Waals surface area contributed by atoms with Gasteiger partial charge in [-0.15, -0.1) is 10.2 Å². The molecule has 1 aromatic carbocycles. The molecule has 122 valence electrons. The second-order valence-corrected chi connectivity index (χ2v) is 6.98. The molecule has 0 atom stereocenters. The van der Waals surface area contributed by atoms with E-state index in [2.05, 4.69) is 47.6 Å². The number of rotatable bonds is 4. The predicted molar refractivity (Wildman–Crippen MR) is 92.8 cm³/mol. The van der Waals surface area contributed by atoms with Gasteiger partial charge >= 0.3 is 6.03 Å². The van der Waals surface area contributed by atoms with Crippen molar-refractivity contribution in [1.82, 2.24) is 15.1 Å². The number of nitrogens with zero attached hydrogens (tertiary/aromatic N) is 3. The van der Waals surface area contributed by atoms with Crippen LogP contribution in [0.15, 0.2) is 18.2 Å². The van der Waals surface area contributed by atoms with Crippen molar-refractivity contribution in [3.8, 4) is 0 Å². The highest BCUT2D eigenvalue weighted by Crippen LogP contribution is 2.23. The maximum Gasteiger partial charge on any atom is 0.324 e. The van der Waals surface area contributed by atoms with Crippen LogP contribution in [0.4, 0.5) is 9.93 Å². The molecule has 2 amide bonds. The zero-order chi connectivity index (χ0) is 16.2. The summed E-state index contributed by atoms with van der Waals surface area (Å²) in [5, 5.41) is 12.7. The fourth-order valence-corrected chi connectivity index (χ4v) is 3.65. The lowest BCUT2D eigenvalue weighted by Crippen LogP contribution is -2.39. The molecule has 0 saturated carbocycles. The number of aryl methyl sites for hydroxylation is 2. The SMILES string of the molecule is CCCCc1nnc(NC(=O)N2CCc3c(C)cccc3C2)s1. The molecule has 1 N–H and O–H groups in total. The standard InChI is InChI=1S/C17H22N4OS/c1-3-4-8-15-19-20-16(23-15)18-17(22)21-10-9-14-12(2)6-5-7-13(14)11-21/h5-7H,3-4,8-11H2,1-2H3,(H,18,20,22). The number of hydrogen-bond donors (Lipinski definition) is 1. The maximum atomic E-state index is 12.4. The molecule has 2 heterocycles. The number of amides is 2. The van der Waals surface area contributed by atoms with Crippen molar-refractivity contribution in [1.29, 1.82) is 0 Å². The second kappa shape index (κ2) is 7.08. The molecule has 23 heavy (non-hydrogen) atoms. The monoisotopic (exact) mass is 330 g/mol. The minimum absolute atomic E-state index is 0.0876. The first-order chi connectivity index (χ1) is 11.2. The largest absolute Gasteiger partial charge is 0.324 e. The number of urea groups is 1. The van der Waals surface area contributed by atoms with E-state index in [0.29, 0.717) is 11.7 Å². The molecule has 0 radical (unpaired) electrons. The van der Waals surface area contributed by atoms with Crippen LogP contribution in [0.5, 0.6) is 0 Å².